The van der Waals surface area contributed by atoms with Crippen LogP contribution in [0.5, 0.6) is 0 Å². The fourth-order valence-electron chi connectivity index (χ4n) is 0.704. The van der Waals surface area contributed by atoms with Gasteiger partial charge in [-0.15, -0.1) is 0 Å². The highest BCUT2D eigenvalue weighted by atomic mass is 15.1. The van der Waals surface area contributed by atoms with Crippen molar-refractivity contribution in [1.82, 2.24) is 4.98 Å². The minimum absolute atomic E-state index is 0.824. The number of rotatable bonds is 1. The molecule has 0 saturated carbocycles. The van der Waals surface area contributed by atoms with Crippen molar-refractivity contribution in [2.24, 2.45) is 10.9 Å². The first kappa shape index (κ1) is 6.74. The van der Waals surface area contributed by atoms with Gasteiger partial charge < -0.3 is 5.84 Å². The van der Waals surface area contributed by atoms with E-state index in [1.54, 1.807) is 6.20 Å². The van der Waals surface area contributed by atoms with Crippen molar-refractivity contribution in [3.63, 3.8) is 0 Å². The number of nitrogens with zero attached hydrogens (tertiary/aromatic N) is 2. The lowest BCUT2D eigenvalue weighted by molar-refractivity contribution is 1.21. The molecule has 0 aromatic carbocycles. The molecular weight excluding hydrogens is 126 g/mol. The highest BCUT2D eigenvalue weighted by molar-refractivity contribution is 5.78. The van der Waals surface area contributed by atoms with Crippen molar-refractivity contribution in [2.45, 2.75) is 6.92 Å². The number of nitrogens with two attached hydrogens (primary N) is 1. The number of hydrogen-bond donors (Lipinski definition) is 1. The molecule has 2 N–H and O–H groups in total. The van der Waals surface area contributed by atoms with Gasteiger partial charge in [-0.1, -0.05) is 6.07 Å². The van der Waals surface area contributed by atoms with E-state index < -0.39 is 0 Å². The number of hydrogen-bond acceptors (Lipinski definition) is 3. The van der Waals surface area contributed by atoms with Crippen LogP contribution in [0.15, 0.2) is 23.4 Å². The summed E-state index contributed by atoms with van der Waals surface area (Å²) in [7, 11) is 0. The third-order valence-electron chi connectivity index (χ3n) is 1.25. The summed E-state index contributed by atoms with van der Waals surface area (Å²) in [6, 6.07) is 3.84. The summed E-state index contributed by atoms with van der Waals surface area (Å²) in [4.78, 5) is 4.04. The summed E-state index contributed by atoms with van der Waals surface area (Å²) in [6.45, 7) is 1.96. The smallest absolute Gasteiger partial charge is 0.0859 e. The van der Waals surface area contributed by atoms with Crippen molar-refractivity contribution < 1.29 is 0 Å². The van der Waals surface area contributed by atoms with Crippen LogP contribution in [0.3, 0.4) is 0 Å². The molecule has 1 aromatic heterocycles. The largest absolute Gasteiger partial charge is 0.323 e. The van der Waals surface area contributed by atoms with E-state index in [1.807, 2.05) is 19.1 Å². The summed E-state index contributed by atoms with van der Waals surface area (Å²) in [5.74, 6) is 4.96. The van der Waals surface area contributed by atoms with Gasteiger partial charge in [0.15, 0.2) is 0 Å². The number of aryl methyl sites for hydroxylation is 1. The quantitative estimate of drug-likeness (QED) is 0.350. The van der Waals surface area contributed by atoms with E-state index in [0.29, 0.717) is 0 Å². The van der Waals surface area contributed by atoms with Gasteiger partial charge in [0.1, 0.15) is 0 Å². The minimum Gasteiger partial charge on any atom is -0.323 e. The van der Waals surface area contributed by atoms with Gasteiger partial charge in [-0.2, -0.15) is 5.10 Å². The van der Waals surface area contributed by atoms with Crippen LogP contribution in [0, 0.1) is 6.92 Å². The van der Waals surface area contributed by atoms with Crippen LogP contribution in [-0.2, 0) is 0 Å². The van der Waals surface area contributed by atoms with Crippen LogP contribution in [-0.4, -0.2) is 11.2 Å². The maximum absolute atomic E-state index is 4.96. The summed E-state index contributed by atoms with van der Waals surface area (Å²) >= 11 is 0. The Morgan fingerprint density at radius 3 is 3.10 bits per heavy atom. The molecule has 52 valence electrons. The number of pyridine rings is 1. The summed E-state index contributed by atoms with van der Waals surface area (Å²) in [5.41, 5.74) is 1.90. The van der Waals surface area contributed by atoms with E-state index in [1.165, 1.54) is 6.21 Å². The molecule has 0 aliphatic rings. The predicted octanol–water partition coefficient (Wildman–Crippen LogP) is 0.683. The zero-order valence-electron chi connectivity index (χ0n) is 5.78. The molecule has 0 amide bonds. The third kappa shape index (κ3) is 1.31. The Hall–Kier alpha value is -1.38. The first-order valence-corrected chi connectivity index (χ1v) is 2.99. The lowest BCUT2D eigenvalue weighted by atomic mass is 10.2. The van der Waals surface area contributed by atoms with Crippen molar-refractivity contribution in [1.29, 1.82) is 0 Å². The van der Waals surface area contributed by atoms with Gasteiger partial charge in [0.05, 0.1) is 11.9 Å². The molecule has 0 atom stereocenters. The van der Waals surface area contributed by atoms with Crippen LogP contribution in [0.1, 0.15) is 11.3 Å². The Labute approximate surface area is 59.6 Å². The molecule has 0 aliphatic carbocycles. The van der Waals surface area contributed by atoms with Crippen LogP contribution in [0.2, 0.25) is 0 Å². The minimum atomic E-state index is 0.824. The van der Waals surface area contributed by atoms with Crippen molar-refractivity contribution >= 4 is 6.21 Å². The van der Waals surface area contributed by atoms with E-state index in [0.717, 1.165) is 11.3 Å². The second-order valence-electron chi connectivity index (χ2n) is 1.98. The Morgan fingerprint density at radius 1 is 1.70 bits per heavy atom. The molecule has 0 fully saturated rings. The van der Waals surface area contributed by atoms with Crippen molar-refractivity contribution in [3.8, 4) is 0 Å². The lowest BCUT2D eigenvalue weighted by Gasteiger charge is -1.93. The summed E-state index contributed by atoms with van der Waals surface area (Å²) in [6.07, 6.45) is 3.25. The Balaban J connectivity index is 3.03. The fraction of sp³-hybridized carbons (Fsp3) is 0.143. The van der Waals surface area contributed by atoms with Gasteiger partial charge in [0, 0.05) is 6.20 Å². The predicted molar refractivity (Wildman–Crippen MR) is 40.8 cm³/mol. The standard InChI is InChI=1S/C7H9N3/c1-6-3-2-4-9-7(6)5-10-8/h2-5H,8H2,1H3. The highest BCUT2D eigenvalue weighted by Crippen LogP contribution is 1.98. The van der Waals surface area contributed by atoms with Gasteiger partial charge >= 0.3 is 0 Å². The van der Waals surface area contributed by atoms with Crippen LogP contribution < -0.4 is 5.84 Å². The molecule has 1 aromatic rings. The zero-order valence-corrected chi connectivity index (χ0v) is 5.78. The normalized spacial score (nSPS) is 10.5. The summed E-state index contributed by atoms with van der Waals surface area (Å²) < 4.78 is 0. The van der Waals surface area contributed by atoms with Crippen LogP contribution >= 0.6 is 0 Å². The number of aromatic nitrogens is 1. The molecule has 0 bridgehead atoms. The van der Waals surface area contributed by atoms with E-state index in [2.05, 4.69) is 10.1 Å². The topological polar surface area (TPSA) is 51.3 Å². The number of hydrazone groups is 1. The summed E-state index contributed by atoms with van der Waals surface area (Å²) in [5, 5.41) is 3.38. The highest BCUT2D eigenvalue weighted by Gasteiger charge is 1.91. The zero-order chi connectivity index (χ0) is 7.40. The molecule has 3 nitrogen and oxygen atoms in total. The van der Waals surface area contributed by atoms with Gasteiger partial charge in [-0.3, -0.25) is 4.98 Å². The third-order valence-corrected chi connectivity index (χ3v) is 1.25. The Morgan fingerprint density at radius 2 is 2.50 bits per heavy atom. The molecule has 0 spiro atoms. The van der Waals surface area contributed by atoms with E-state index >= 15 is 0 Å². The molecule has 1 rings (SSSR count). The molecule has 0 aliphatic heterocycles. The SMILES string of the molecule is Cc1cccnc1C=NN. The Kier molecular flexibility index (Phi) is 1.99. The molecule has 0 saturated heterocycles. The average molecular weight is 135 g/mol. The van der Waals surface area contributed by atoms with Gasteiger partial charge in [0.2, 0.25) is 0 Å². The lowest BCUT2D eigenvalue weighted by Crippen LogP contribution is -1.92. The van der Waals surface area contributed by atoms with Gasteiger partial charge in [-0.05, 0) is 18.6 Å². The fourth-order valence-corrected chi connectivity index (χ4v) is 0.704. The second kappa shape index (κ2) is 2.96. The molecule has 1 heterocycles. The first-order chi connectivity index (χ1) is 4.84. The molecule has 3 heteroatoms. The van der Waals surface area contributed by atoms with Gasteiger partial charge in [-0.25, -0.2) is 0 Å². The van der Waals surface area contributed by atoms with Crippen LogP contribution in [0.25, 0.3) is 0 Å². The molecule has 0 unspecified atom stereocenters. The van der Waals surface area contributed by atoms with E-state index in [-0.39, 0.29) is 0 Å². The Bertz CT molecular complexity index is 242. The molecular formula is C7H9N3. The molecule has 10 heavy (non-hydrogen) atoms. The first-order valence-electron chi connectivity index (χ1n) is 2.99. The maximum atomic E-state index is 4.96. The van der Waals surface area contributed by atoms with E-state index in [9.17, 15) is 0 Å². The van der Waals surface area contributed by atoms with Crippen molar-refractivity contribution in [2.75, 3.05) is 0 Å². The monoisotopic (exact) mass is 135 g/mol. The van der Waals surface area contributed by atoms with Gasteiger partial charge in [0.25, 0.3) is 0 Å². The second-order valence-corrected chi connectivity index (χ2v) is 1.98. The average Bonchev–Trinajstić information content (AvgIpc) is 1.94. The maximum Gasteiger partial charge on any atom is 0.0859 e. The van der Waals surface area contributed by atoms with Crippen molar-refractivity contribution in [3.05, 3.63) is 29.6 Å². The van der Waals surface area contributed by atoms with Crippen LogP contribution in [0.4, 0.5) is 0 Å². The van der Waals surface area contributed by atoms with E-state index in [4.69, 9.17) is 5.84 Å². The molecule has 0 radical (unpaired) electrons.